The highest BCUT2D eigenvalue weighted by atomic mass is 35.5. The molecule has 0 saturated heterocycles. The van der Waals surface area contributed by atoms with Gasteiger partial charge in [-0.15, -0.1) is 0 Å². The van der Waals surface area contributed by atoms with Gasteiger partial charge in [0, 0.05) is 40.4 Å². The fraction of sp³-hybridized carbons (Fsp3) is 0.286. The molecular weight excluding hydrogens is 433 g/mol. The molecule has 0 unspecified atom stereocenters. The van der Waals surface area contributed by atoms with Gasteiger partial charge in [-0.2, -0.15) is 0 Å². The first kappa shape index (κ1) is 20.8. The zero-order valence-electron chi connectivity index (χ0n) is 16.0. The lowest BCUT2D eigenvalue weighted by Gasteiger charge is -2.17. The molecule has 2 aromatic carbocycles. The molecule has 0 bridgehead atoms. The molecule has 0 radical (unpaired) electrons. The Morgan fingerprint density at radius 1 is 1.27 bits per heavy atom. The Morgan fingerprint density at radius 3 is 2.53 bits per heavy atom. The molecule has 1 heterocycles. The van der Waals surface area contributed by atoms with E-state index in [1.165, 1.54) is 6.07 Å². The summed E-state index contributed by atoms with van der Waals surface area (Å²) in [6, 6.07) is 9.12. The molecule has 30 heavy (non-hydrogen) atoms. The van der Waals surface area contributed by atoms with Crippen LogP contribution >= 0.6 is 11.6 Å². The van der Waals surface area contributed by atoms with Gasteiger partial charge < -0.3 is 14.8 Å². The van der Waals surface area contributed by atoms with Crippen molar-refractivity contribution in [3.63, 3.8) is 0 Å². The van der Waals surface area contributed by atoms with Gasteiger partial charge >= 0.3 is 5.97 Å². The van der Waals surface area contributed by atoms with Gasteiger partial charge in [0.05, 0.1) is 22.9 Å². The lowest BCUT2D eigenvalue weighted by molar-refractivity contribution is -0.137. The van der Waals surface area contributed by atoms with Gasteiger partial charge in [-0.3, -0.25) is 4.79 Å². The number of aromatic nitrogens is 1. The quantitative estimate of drug-likeness (QED) is 0.613. The number of halogens is 2. The largest absolute Gasteiger partial charge is 0.481 e. The highest BCUT2D eigenvalue weighted by Crippen LogP contribution is 2.48. The van der Waals surface area contributed by atoms with Gasteiger partial charge in [0.1, 0.15) is 5.82 Å². The van der Waals surface area contributed by atoms with E-state index in [0.717, 1.165) is 17.9 Å². The second-order valence-corrected chi connectivity index (χ2v) is 10.1. The number of carboxylic acids is 1. The van der Waals surface area contributed by atoms with Crippen LogP contribution in [0.5, 0.6) is 0 Å². The number of aliphatic hydroxyl groups excluding tert-OH is 1. The maximum atomic E-state index is 14.3. The monoisotopic (exact) mass is 451 g/mol. The number of fused-ring (bicyclic) bond motifs is 3. The summed E-state index contributed by atoms with van der Waals surface area (Å²) < 4.78 is 41.0. The van der Waals surface area contributed by atoms with Crippen LogP contribution in [-0.2, 0) is 21.2 Å². The lowest BCUT2D eigenvalue weighted by atomic mass is 10.0. The van der Waals surface area contributed by atoms with Crippen LogP contribution in [-0.4, -0.2) is 35.4 Å². The van der Waals surface area contributed by atoms with Crippen LogP contribution in [0.3, 0.4) is 0 Å². The fourth-order valence-electron chi connectivity index (χ4n) is 4.36. The highest BCUT2D eigenvalue weighted by Gasteiger charge is 2.38. The molecular formula is C21H19ClFNO5S. The number of nitrogens with zero attached hydrogens (tertiary/aromatic N) is 1. The van der Waals surface area contributed by atoms with Gasteiger partial charge in [-0.25, -0.2) is 12.8 Å². The summed E-state index contributed by atoms with van der Waals surface area (Å²) in [5.74, 6) is -2.29. The van der Waals surface area contributed by atoms with E-state index in [0.29, 0.717) is 21.7 Å². The number of rotatable bonds is 5. The molecule has 0 fully saturated rings. The number of carbonyl (C=O) groups is 1. The van der Waals surface area contributed by atoms with Crippen LogP contribution in [0.4, 0.5) is 4.39 Å². The molecule has 1 aromatic heterocycles. The first-order chi connectivity index (χ1) is 14.1. The Hall–Kier alpha value is -2.42. The number of hydrogen-bond acceptors (Lipinski definition) is 4. The zero-order valence-corrected chi connectivity index (χ0v) is 17.5. The van der Waals surface area contributed by atoms with Gasteiger partial charge in [0.2, 0.25) is 0 Å². The van der Waals surface area contributed by atoms with E-state index in [4.69, 9.17) is 11.6 Å². The molecule has 1 aliphatic rings. The van der Waals surface area contributed by atoms with Crippen LogP contribution in [0, 0.1) is 5.82 Å². The van der Waals surface area contributed by atoms with Crippen molar-refractivity contribution < 1.29 is 27.8 Å². The number of aliphatic carboxylic acids is 1. The fourth-order valence-corrected chi connectivity index (χ4v) is 5.39. The van der Waals surface area contributed by atoms with Gasteiger partial charge in [0.25, 0.3) is 0 Å². The Kier molecular flexibility index (Phi) is 5.12. The number of sulfone groups is 1. The van der Waals surface area contributed by atoms with E-state index in [1.807, 2.05) is 0 Å². The van der Waals surface area contributed by atoms with Crippen LogP contribution in [0.15, 0.2) is 41.3 Å². The average molecular weight is 452 g/mol. The zero-order chi connectivity index (χ0) is 21.8. The third kappa shape index (κ3) is 3.59. The van der Waals surface area contributed by atoms with E-state index < -0.39 is 33.6 Å². The molecule has 3 aromatic rings. The standard InChI is InChI=1S/C21H19ClFNO5S/c1-30(28,29)17-9-14(23)8-15-19-16(25)6-12(7-18(26)27)20(19)24(21(15)17)10-11-2-4-13(22)5-3-11/h2-5,8-9,12,16,25H,6-7,10H2,1H3,(H,26,27)/t12-,16-/m1/s1. The summed E-state index contributed by atoms with van der Waals surface area (Å²) in [4.78, 5) is 11.2. The predicted octanol–water partition coefficient (Wildman–Crippen LogP) is 3.88. The summed E-state index contributed by atoms with van der Waals surface area (Å²) in [6.45, 7) is 0.222. The predicted molar refractivity (Wildman–Crippen MR) is 110 cm³/mol. The third-order valence-electron chi connectivity index (χ3n) is 5.47. The minimum atomic E-state index is -3.80. The van der Waals surface area contributed by atoms with Gasteiger partial charge in [0.15, 0.2) is 9.84 Å². The molecule has 0 aliphatic heterocycles. The third-order valence-corrected chi connectivity index (χ3v) is 6.83. The van der Waals surface area contributed by atoms with Crippen molar-refractivity contribution in [2.45, 2.75) is 36.3 Å². The number of benzene rings is 2. The highest BCUT2D eigenvalue weighted by molar-refractivity contribution is 7.91. The number of aliphatic hydroxyl groups is 1. The van der Waals surface area contributed by atoms with Crippen molar-refractivity contribution in [2.75, 3.05) is 6.26 Å². The molecule has 6 nitrogen and oxygen atoms in total. The average Bonchev–Trinajstić information content (AvgIpc) is 3.11. The first-order valence-electron chi connectivity index (χ1n) is 9.26. The van der Waals surface area contributed by atoms with Gasteiger partial charge in [-0.1, -0.05) is 23.7 Å². The van der Waals surface area contributed by atoms with Crippen molar-refractivity contribution in [3.05, 3.63) is 64.1 Å². The molecule has 0 amide bonds. The molecule has 2 atom stereocenters. The first-order valence-corrected chi connectivity index (χ1v) is 11.5. The van der Waals surface area contributed by atoms with Crippen LogP contribution < -0.4 is 0 Å². The lowest BCUT2D eigenvalue weighted by Crippen LogP contribution is -2.12. The second-order valence-electron chi connectivity index (χ2n) is 7.63. The van der Waals surface area contributed by atoms with E-state index in [-0.39, 0.29) is 29.8 Å². The molecule has 2 N–H and O–H groups in total. The molecule has 4 rings (SSSR count). The van der Waals surface area contributed by atoms with Crippen molar-refractivity contribution in [1.82, 2.24) is 4.57 Å². The van der Waals surface area contributed by atoms with E-state index in [2.05, 4.69) is 0 Å². The Bertz CT molecular complexity index is 1270. The summed E-state index contributed by atoms with van der Waals surface area (Å²) in [5, 5.41) is 20.8. The molecule has 158 valence electrons. The van der Waals surface area contributed by atoms with Crippen LogP contribution in [0.25, 0.3) is 10.9 Å². The van der Waals surface area contributed by atoms with E-state index in [1.54, 1.807) is 28.8 Å². The van der Waals surface area contributed by atoms with Crippen LogP contribution in [0.2, 0.25) is 5.02 Å². The number of hydrogen-bond donors (Lipinski definition) is 2. The maximum absolute atomic E-state index is 14.3. The Labute approximate surface area is 177 Å². The summed E-state index contributed by atoms with van der Waals surface area (Å²) in [5.41, 5.74) is 2.01. The minimum absolute atomic E-state index is 0.179. The molecule has 1 aliphatic carbocycles. The normalized spacial score (nSPS) is 18.7. The molecule has 0 spiro atoms. The SMILES string of the molecule is CS(=O)(=O)c1cc(F)cc2c3c(n(Cc4ccc(Cl)cc4)c12)[C@@H](CC(=O)O)C[C@H]3O. The van der Waals surface area contributed by atoms with Crippen molar-refractivity contribution in [3.8, 4) is 0 Å². The Morgan fingerprint density at radius 2 is 1.93 bits per heavy atom. The van der Waals surface area contributed by atoms with Crippen molar-refractivity contribution in [1.29, 1.82) is 0 Å². The van der Waals surface area contributed by atoms with Crippen molar-refractivity contribution >= 4 is 38.3 Å². The summed E-state index contributed by atoms with van der Waals surface area (Å²) in [6.07, 6.45) is -0.0555. The van der Waals surface area contributed by atoms with Crippen molar-refractivity contribution in [2.24, 2.45) is 0 Å². The van der Waals surface area contributed by atoms with Crippen LogP contribution in [0.1, 0.15) is 41.7 Å². The molecule has 0 saturated carbocycles. The van der Waals surface area contributed by atoms with E-state index in [9.17, 15) is 27.8 Å². The summed E-state index contributed by atoms with van der Waals surface area (Å²) in [7, 11) is -3.80. The smallest absolute Gasteiger partial charge is 0.304 e. The summed E-state index contributed by atoms with van der Waals surface area (Å²) >= 11 is 5.96. The molecule has 9 heteroatoms. The van der Waals surface area contributed by atoms with E-state index >= 15 is 0 Å². The maximum Gasteiger partial charge on any atom is 0.304 e. The Balaban J connectivity index is 2.06. The topological polar surface area (TPSA) is 96.6 Å². The second kappa shape index (κ2) is 7.37. The minimum Gasteiger partial charge on any atom is -0.481 e. The van der Waals surface area contributed by atoms with Gasteiger partial charge in [-0.05, 0) is 36.2 Å². The number of carboxylic acid groups (broad SMARTS) is 1.